The first-order valence-electron chi connectivity index (χ1n) is 12.6. The molecule has 0 unspecified atom stereocenters. The van der Waals surface area contributed by atoms with Gasteiger partial charge in [-0.05, 0) is 111 Å². The lowest BCUT2D eigenvalue weighted by Gasteiger charge is -2.56. The van der Waals surface area contributed by atoms with E-state index in [9.17, 15) is 9.90 Å². The van der Waals surface area contributed by atoms with Crippen LogP contribution >= 0.6 is 11.8 Å². The van der Waals surface area contributed by atoms with Crippen molar-refractivity contribution in [2.45, 2.75) is 82.6 Å². The number of hydrogen-bond acceptors (Lipinski definition) is 3. The van der Waals surface area contributed by atoms with Crippen LogP contribution in [0.5, 0.6) is 0 Å². The Bertz CT molecular complexity index is 1080. The fourth-order valence-electron chi connectivity index (χ4n) is 8.08. The minimum Gasteiger partial charge on any atom is -0.392 e. The van der Waals surface area contributed by atoms with Crippen molar-refractivity contribution in [3.8, 4) is 11.8 Å². The fraction of sp³-hybridized carbons (Fsp3) is 0.567. The number of fused-ring (bicyclic) bond motifs is 4. The van der Waals surface area contributed by atoms with Gasteiger partial charge in [-0.1, -0.05) is 30.6 Å². The van der Waals surface area contributed by atoms with E-state index in [4.69, 9.17) is 0 Å². The van der Waals surface area contributed by atoms with Crippen LogP contribution in [-0.2, 0) is 4.79 Å². The molecule has 0 aromatic heterocycles. The highest BCUT2D eigenvalue weighted by Gasteiger charge is 2.64. The largest absolute Gasteiger partial charge is 0.392 e. The molecule has 0 heterocycles. The summed E-state index contributed by atoms with van der Waals surface area (Å²) in [6.45, 7) is 6.32. The van der Waals surface area contributed by atoms with Crippen molar-refractivity contribution in [1.29, 1.82) is 0 Å². The van der Waals surface area contributed by atoms with Crippen LogP contribution in [0.3, 0.4) is 0 Å². The van der Waals surface area contributed by atoms with Crippen molar-refractivity contribution in [3.05, 3.63) is 52.6 Å². The molecule has 2 nitrogen and oxygen atoms in total. The average molecular weight is 461 g/mol. The summed E-state index contributed by atoms with van der Waals surface area (Å²) in [6.07, 6.45) is 10.4. The van der Waals surface area contributed by atoms with E-state index in [0.717, 1.165) is 38.5 Å². The molecule has 5 rings (SSSR count). The summed E-state index contributed by atoms with van der Waals surface area (Å²) in [6, 6.07) is 9.14. The highest BCUT2D eigenvalue weighted by atomic mass is 32.2. The van der Waals surface area contributed by atoms with E-state index < -0.39 is 6.10 Å². The summed E-state index contributed by atoms with van der Waals surface area (Å²) >= 11 is 1.78. The first kappa shape index (κ1) is 23.0. The molecule has 0 radical (unpaired) electrons. The molecule has 0 bridgehead atoms. The van der Waals surface area contributed by atoms with Crippen LogP contribution < -0.4 is 0 Å². The van der Waals surface area contributed by atoms with Gasteiger partial charge in [0.1, 0.15) is 0 Å². The summed E-state index contributed by atoms with van der Waals surface area (Å²) in [5.41, 5.74) is 5.41. The number of hydrogen-bond donors (Lipinski definition) is 1. The molecule has 0 aliphatic heterocycles. The number of carbonyl (C=O) groups is 1. The summed E-state index contributed by atoms with van der Waals surface area (Å²) in [5, 5.41) is 11.1. The normalized spacial score (nSPS) is 36.2. The van der Waals surface area contributed by atoms with Crippen LogP contribution in [0.25, 0.3) is 0 Å². The molecular weight excluding hydrogens is 424 g/mol. The number of rotatable bonds is 3. The molecule has 6 atom stereocenters. The Balaban J connectivity index is 1.70. The SMILES string of the molecule is CC#C[C@]1([C@H](C)O)CC[C@H]2[C@@H]3CCC4=CC(=O)CCC4=C3[C@@H](c3ccc(SC)cc3)C[C@@]21C. The maximum absolute atomic E-state index is 12.2. The van der Waals surface area contributed by atoms with Crippen molar-refractivity contribution in [2.75, 3.05) is 6.26 Å². The van der Waals surface area contributed by atoms with Crippen molar-refractivity contribution in [3.63, 3.8) is 0 Å². The molecule has 1 N–H and O–H groups in total. The quantitative estimate of drug-likeness (QED) is 0.403. The monoisotopic (exact) mass is 460 g/mol. The van der Waals surface area contributed by atoms with Crippen LogP contribution in [0.15, 0.2) is 52.0 Å². The van der Waals surface area contributed by atoms with Crippen molar-refractivity contribution in [1.82, 2.24) is 0 Å². The van der Waals surface area contributed by atoms with E-state index >= 15 is 0 Å². The molecule has 0 amide bonds. The molecule has 0 spiro atoms. The number of ketones is 1. The van der Waals surface area contributed by atoms with Crippen LogP contribution in [0.4, 0.5) is 0 Å². The Hall–Kier alpha value is -1.76. The van der Waals surface area contributed by atoms with Gasteiger partial charge in [0.2, 0.25) is 0 Å². The molecule has 2 saturated carbocycles. The van der Waals surface area contributed by atoms with E-state index in [0.29, 0.717) is 30.0 Å². The topological polar surface area (TPSA) is 37.3 Å². The third-order valence-electron chi connectivity index (χ3n) is 9.57. The van der Waals surface area contributed by atoms with Gasteiger partial charge >= 0.3 is 0 Å². The van der Waals surface area contributed by atoms with Gasteiger partial charge in [-0.3, -0.25) is 4.79 Å². The molecule has 33 heavy (non-hydrogen) atoms. The van der Waals surface area contributed by atoms with Crippen molar-refractivity contribution >= 4 is 17.5 Å². The summed E-state index contributed by atoms with van der Waals surface area (Å²) < 4.78 is 0. The number of thioether (sulfide) groups is 1. The number of carbonyl (C=O) groups excluding carboxylic acids is 1. The zero-order valence-electron chi connectivity index (χ0n) is 20.4. The maximum Gasteiger partial charge on any atom is 0.156 e. The number of benzene rings is 1. The van der Waals surface area contributed by atoms with Gasteiger partial charge in [0.25, 0.3) is 0 Å². The zero-order valence-corrected chi connectivity index (χ0v) is 21.2. The second kappa shape index (κ2) is 8.47. The lowest BCUT2D eigenvalue weighted by molar-refractivity contribution is -0.114. The Morgan fingerprint density at radius 3 is 2.58 bits per heavy atom. The van der Waals surface area contributed by atoms with Gasteiger partial charge in [0.15, 0.2) is 5.78 Å². The van der Waals surface area contributed by atoms with E-state index in [2.05, 4.69) is 49.3 Å². The second-order valence-corrected chi connectivity index (χ2v) is 11.7. The summed E-state index contributed by atoms with van der Waals surface area (Å²) in [5.74, 6) is 8.46. The Kier molecular flexibility index (Phi) is 5.91. The van der Waals surface area contributed by atoms with Gasteiger partial charge in [-0.2, -0.15) is 0 Å². The Labute approximate surface area is 203 Å². The van der Waals surface area contributed by atoms with Crippen LogP contribution in [0, 0.1) is 34.5 Å². The van der Waals surface area contributed by atoms with E-state index in [1.165, 1.54) is 21.6 Å². The highest BCUT2D eigenvalue weighted by Crippen LogP contribution is 2.70. The molecule has 2 fully saturated rings. The lowest BCUT2D eigenvalue weighted by atomic mass is 9.48. The molecule has 1 aromatic carbocycles. The molecule has 174 valence electrons. The molecule has 1 aromatic rings. The highest BCUT2D eigenvalue weighted by molar-refractivity contribution is 7.98. The maximum atomic E-state index is 12.2. The first-order chi connectivity index (χ1) is 15.8. The minimum absolute atomic E-state index is 0.0343. The van der Waals surface area contributed by atoms with Crippen molar-refractivity contribution in [2.24, 2.45) is 22.7 Å². The molecule has 4 aliphatic rings. The summed E-state index contributed by atoms with van der Waals surface area (Å²) in [7, 11) is 0. The first-order valence-corrected chi connectivity index (χ1v) is 13.8. The standard InChI is InChI=1S/C30H36O2S/c1-5-15-30(19(2)31)16-14-27-25-12-8-21-17-22(32)9-13-24(21)28(25)26(18-29(27,30)3)20-6-10-23(33-4)11-7-20/h6-7,10-11,17,19,25-27,31H,8-9,12-14,16,18H2,1-4H3/t19-,25-,26+,27-,29-,30+/m0/s1. The van der Waals surface area contributed by atoms with Gasteiger partial charge < -0.3 is 5.11 Å². The van der Waals surface area contributed by atoms with Gasteiger partial charge in [0, 0.05) is 17.2 Å². The van der Waals surface area contributed by atoms with E-state index in [1.54, 1.807) is 17.3 Å². The number of aliphatic hydroxyl groups excluding tert-OH is 1. The lowest BCUT2D eigenvalue weighted by Crippen LogP contribution is -2.51. The summed E-state index contributed by atoms with van der Waals surface area (Å²) in [4.78, 5) is 13.5. The number of aliphatic hydroxyl groups is 1. The predicted octanol–water partition coefficient (Wildman–Crippen LogP) is 6.70. The smallest absolute Gasteiger partial charge is 0.156 e. The second-order valence-electron chi connectivity index (χ2n) is 10.8. The molecule has 4 aliphatic carbocycles. The third kappa shape index (κ3) is 3.40. The molecule has 0 saturated heterocycles. The van der Waals surface area contributed by atoms with Crippen LogP contribution in [0.1, 0.15) is 77.2 Å². The van der Waals surface area contributed by atoms with Crippen molar-refractivity contribution < 1.29 is 9.90 Å². The van der Waals surface area contributed by atoms with Gasteiger partial charge in [0.05, 0.1) is 11.5 Å². The minimum atomic E-state index is -0.444. The van der Waals surface area contributed by atoms with Gasteiger partial charge in [-0.15, -0.1) is 17.7 Å². The number of allylic oxidation sites excluding steroid dienone is 4. The van der Waals surface area contributed by atoms with Crippen LogP contribution in [0.2, 0.25) is 0 Å². The van der Waals surface area contributed by atoms with Gasteiger partial charge in [-0.25, -0.2) is 0 Å². The fourth-order valence-corrected chi connectivity index (χ4v) is 8.48. The predicted molar refractivity (Wildman–Crippen MR) is 136 cm³/mol. The Morgan fingerprint density at radius 2 is 1.91 bits per heavy atom. The third-order valence-corrected chi connectivity index (χ3v) is 10.3. The zero-order chi connectivity index (χ0) is 23.4. The molecule has 3 heteroatoms. The van der Waals surface area contributed by atoms with Crippen LogP contribution in [-0.4, -0.2) is 23.2 Å². The Morgan fingerprint density at radius 1 is 1.15 bits per heavy atom. The van der Waals surface area contributed by atoms with E-state index in [-0.39, 0.29) is 10.8 Å². The molecular formula is C30H36O2S. The average Bonchev–Trinajstić information content (AvgIpc) is 3.11. The van der Waals surface area contributed by atoms with E-state index in [1.807, 2.05) is 19.9 Å².